The van der Waals surface area contributed by atoms with E-state index in [-0.39, 0.29) is 5.92 Å². The first kappa shape index (κ1) is 17.5. The maximum absolute atomic E-state index is 11.4. The number of hydrogen-bond donors (Lipinski definition) is 1. The van der Waals surface area contributed by atoms with E-state index in [1.165, 1.54) is 19.3 Å². The number of aliphatic carboxylic acids is 1. The van der Waals surface area contributed by atoms with E-state index in [2.05, 4.69) is 27.7 Å². The molecule has 0 aromatic rings. The van der Waals surface area contributed by atoms with Crippen LogP contribution < -0.4 is 0 Å². The van der Waals surface area contributed by atoms with Gasteiger partial charge in [0, 0.05) is 0 Å². The van der Waals surface area contributed by atoms with Crippen LogP contribution in [0.2, 0.25) is 0 Å². The molecule has 4 unspecified atom stereocenters. The van der Waals surface area contributed by atoms with Crippen LogP contribution in [0.1, 0.15) is 73.1 Å². The third-order valence-corrected chi connectivity index (χ3v) is 4.56. The van der Waals surface area contributed by atoms with Crippen molar-refractivity contribution < 1.29 is 9.90 Å². The number of carboxylic acid groups (broad SMARTS) is 1. The molecule has 0 aromatic heterocycles. The molecule has 108 valence electrons. The van der Waals surface area contributed by atoms with E-state index in [9.17, 15) is 9.90 Å². The second-order valence-electron chi connectivity index (χ2n) is 5.45. The highest BCUT2D eigenvalue weighted by molar-refractivity contribution is 5.70. The van der Waals surface area contributed by atoms with Crippen LogP contribution in [0.4, 0.5) is 0 Å². The van der Waals surface area contributed by atoms with Crippen molar-refractivity contribution in [2.45, 2.75) is 73.1 Å². The lowest BCUT2D eigenvalue weighted by Crippen LogP contribution is -2.32. The maximum atomic E-state index is 11.4. The largest absolute Gasteiger partial charge is 0.481 e. The summed E-state index contributed by atoms with van der Waals surface area (Å²) >= 11 is 0. The Bertz CT molecular complexity index is 225. The van der Waals surface area contributed by atoms with E-state index >= 15 is 0 Å². The van der Waals surface area contributed by atoms with Crippen molar-refractivity contribution in [2.24, 2.45) is 23.7 Å². The van der Waals surface area contributed by atoms with Crippen LogP contribution in [0, 0.1) is 23.7 Å². The van der Waals surface area contributed by atoms with Gasteiger partial charge in [-0.25, -0.2) is 0 Å². The highest BCUT2D eigenvalue weighted by Crippen LogP contribution is 2.37. The normalized spacial score (nSPS) is 18.1. The Morgan fingerprint density at radius 1 is 0.889 bits per heavy atom. The fraction of sp³-hybridized carbons (Fsp3) is 0.938. The highest BCUT2D eigenvalue weighted by Gasteiger charge is 2.34. The van der Waals surface area contributed by atoms with Gasteiger partial charge in [0.25, 0.3) is 0 Å². The van der Waals surface area contributed by atoms with Crippen LogP contribution >= 0.6 is 0 Å². The summed E-state index contributed by atoms with van der Waals surface area (Å²) in [6.45, 7) is 10.9. The van der Waals surface area contributed by atoms with Gasteiger partial charge in [-0.3, -0.25) is 4.79 Å². The van der Waals surface area contributed by atoms with Crippen molar-refractivity contribution in [3.8, 4) is 0 Å². The molecule has 18 heavy (non-hydrogen) atoms. The summed E-state index contributed by atoms with van der Waals surface area (Å²) in [6, 6.07) is 0. The van der Waals surface area contributed by atoms with E-state index in [0.29, 0.717) is 17.8 Å². The van der Waals surface area contributed by atoms with Crippen LogP contribution in [0.5, 0.6) is 0 Å². The molecule has 0 saturated carbocycles. The summed E-state index contributed by atoms with van der Waals surface area (Å²) in [5, 5.41) is 9.40. The molecule has 1 N–H and O–H groups in total. The van der Waals surface area contributed by atoms with Crippen molar-refractivity contribution in [1.82, 2.24) is 0 Å². The van der Waals surface area contributed by atoms with Gasteiger partial charge in [-0.1, -0.05) is 66.7 Å². The summed E-state index contributed by atoms with van der Waals surface area (Å²) in [4.78, 5) is 11.4. The molecule has 4 atom stereocenters. The molecular weight excluding hydrogens is 224 g/mol. The fourth-order valence-electron chi connectivity index (χ4n) is 3.62. The highest BCUT2D eigenvalue weighted by atomic mass is 16.4. The minimum atomic E-state index is -0.603. The summed E-state index contributed by atoms with van der Waals surface area (Å²) < 4.78 is 0. The summed E-state index contributed by atoms with van der Waals surface area (Å²) in [5.41, 5.74) is 0. The van der Waals surface area contributed by atoms with Crippen molar-refractivity contribution >= 4 is 5.97 Å². The van der Waals surface area contributed by atoms with Crippen molar-refractivity contribution in [1.29, 1.82) is 0 Å². The molecule has 2 heteroatoms. The maximum Gasteiger partial charge on any atom is 0.306 e. The van der Waals surface area contributed by atoms with Crippen LogP contribution in [-0.4, -0.2) is 11.1 Å². The number of carbonyl (C=O) groups is 1. The Kier molecular flexibility index (Phi) is 9.13. The summed E-state index contributed by atoms with van der Waals surface area (Å²) in [7, 11) is 0. The molecule has 0 amide bonds. The average molecular weight is 256 g/mol. The Morgan fingerprint density at radius 2 is 1.44 bits per heavy atom. The van der Waals surface area contributed by atoms with Crippen molar-refractivity contribution in [3.63, 3.8) is 0 Å². The standard InChI is InChI=1S/C16H32O2/c1-6-11-12(7-2)13(8-3)14(9-4)15(10-5)16(17)18/h12-15H,6-11H2,1-5H3,(H,17,18). The zero-order valence-electron chi connectivity index (χ0n) is 12.9. The first-order valence-electron chi connectivity index (χ1n) is 7.79. The predicted molar refractivity (Wildman–Crippen MR) is 77.7 cm³/mol. The third kappa shape index (κ3) is 4.62. The van der Waals surface area contributed by atoms with Gasteiger partial charge in [-0.05, 0) is 24.2 Å². The monoisotopic (exact) mass is 256 g/mol. The van der Waals surface area contributed by atoms with Gasteiger partial charge in [0.15, 0.2) is 0 Å². The Balaban J connectivity index is 4.99. The SMILES string of the molecule is CCCC(CC)C(CC)C(CC)C(CC)C(=O)O. The minimum Gasteiger partial charge on any atom is -0.481 e. The lowest BCUT2D eigenvalue weighted by atomic mass is 9.69. The molecule has 0 radical (unpaired) electrons. The molecule has 0 aliphatic rings. The zero-order valence-corrected chi connectivity index (χ0v) is 12.9. The number of hydrogen-bond acceptors (Lipinski definition) is 1. The smallest absolute Gasteiger partial charge is 0.306 e. The van der Waals surface area contributed by atoms with Gasteiger partial charge < -0.3 is 5.11 Å². The molecule has 0 bridgehead atoms. The van der Waals surface area contributed by atoms with E-state index in [1.807, 2.05) is 6.92 Å². The predicted octanol–water partition coefficient (Wildman–Crippen LogP) is 4.98. The zero-order chi connectivity index (χ0) is 14.1. The minimum absolute atomic E-state index is 0.161. The number of rotatable bonds is 10. The van der Waals surface area contributed by atoms with Gasteiger partial charge >= 0.3 is 5.97 Å². The Hall–Kier alpha value is -0.530. The summed E-state index contributed by atoms with van der Waals surface area (Å²) in [6.07, 6.45) is 6.48. The Labute approximate surface area is 113 Å². The van der Waals surface area contributed by atoms with E-state index in [1.54, 1.807) is 0 Å². The first-order valence-corrected chi connectivity index (χ1v) is 7.79. The lowest BCUT2D eigenvalue weighted by molar-refractivity contribution is -0.145. The molecule has 0 aliphatic carbocycles. The molecule has 0 aliphatic heterocycles. The van der Waals surface area contributed by atoms with Crippen LogP contribution in [0.25, 0.3) is 0 Å². The average Bonchev–Trinajstić information content (AvgIpc) is 2.36. The molecule has 0 spiro atoms. The van der Waals surface area contributed by atoms with E-state index in [4.69, 9.17) is 0 Å². The molecule has 0 heterocycles. The van der Waals surface area contributed by atoms with Crippen molar-refractivity contribution in [2.75, 3.05) is 0 Å². The van der Waals surface area contributed by atoms with Gasteiger partial charge in [0.05, 0.1) is 5.92 Å². The first-order chi connectivity index (χ1) is 8.56. The van der Waals surface area contributed by atoms with Crippen LogP contribution in [0.15, 0.2) is 0 Å². The molecule has 0 saturated heterocycles. The molecule has 0 rings (SSSR count). The molecule has 0 fully saturated rings. The molecule has 0 aromatic carbocycles. The third-order valence-electron chi connectivity index (χ3n) is 4.56. The van der Waals surface area contributed by atoms with Gasteiger partial charge in [-0.15, -0.1) is 0 Å². The van der Waals surface area contributed by atoms with E-state index in [0.717, 1.165) is 19.3 Å². The second-order valence-corrected chi connectivity index (χ2v) is 5.45. The van der Waals surface area contributed by atoms with Gasteiger partial charge in [-0.2, -0.15) is 0 Å². The van der Waals surface area contributed by atoms with Crippen LogP contribution in [0.3, 0.4) is 0 Å². The topological polar surface area (TPSA) is 37.3 Å². The fourth-order valence-corrected chi connectivity index (χ4v) is 3.62. The van der Waals surface area contributed by atoms with E-state index < -0.39 is 5.97 Å². The molecular formula is C16H32O2. The lowest BCUT2D eigenvalue weighted by Gasteiger charge is -2.35. The van der Waals surface area contributed by atoms with Crippen LogP contribution in [-0.2, 0) is 4.79 Å². The van der Waals surface area contributed by atoms with Crippen molar-refractivity contribution in [3.05, 3.63) is 0 Å². The number of carboxylic acids is 1. The quantitative estimate of drug-likeness (QED) is 0.599. The molecule has 2 nitrogen and oxygen atoms in total. The summed E-state index contributed by atoms with van der Waals surface area (Å²) in [5.74, 6) is 0.841. The van der Waals surface area contributed by atoms with Gasteiger partial charge in [0.2, 0.25) is 0 Å². The van der Waals surface area contributed by atoms with Gasteiger partial charge in [0.1, 0.15) is 0 Å². The Morgan fingerprint density at radius 3 is 1.72 bits per heavy atom. The second kappa shape index (κ2) is 9.41.